The van der Waals surface area contributed by atoms with Crippen molar-refractivity contribution in [3.05, 3.63) is 0 Å². The Labute approximate surface area is 183 Å². The summed E-state index contributed by atoms with van der Waals surface area (Å²) in [7, 11) is 2.22. The maximum atomic E-state index is 6.07. The third kappa shape index (κ3) is 137. The molecule has 0 heterocycles. The summed E-state index contributed by atoms with van der Waals surface area (Å²) in [4.78, 5) is 1.68. The van der Waals surface area contributed by atoms with Gasteiger partial charge in [-0.3, -0.25) is 0 Å². The van der Waals surface area contributed by atoms with Crippen molar-refractivity contribution in [3.8, 4) is 0 Å². The van der Waals surface area contributed by atoms with Gasteiger partial charge in [-0.2, -0.15) is 22.4 Å². The molecule has 0 saturated carbocycles. The first-order valence-electron chi connectivity index (χ1n) is 1.75. The van der Waals surface area contributed by atoms with Gasteiger partial charge < -0.3 is 28.1 Å². The molecule has 9 heteroatoms. The van der Waals surface area contributed by atoms with E-state index in [9.17, 15) is 0 Å². The fourth-order valence-corrected chi connectivity index (χ4v) is 0. The van der Waals surface area contributed by atoms with Crippen LogP contribution in [0.3, 0.4) is 0 Å². The zero-order valence-corrected chi connectivity index (χ0v) is 15.6. The van der Waals surface area contributed by atoms with Crippen molar-refractivity contribution in [2.24, 2.45) is 4.67 Å². The van der Waals surface area contributed by atoms with Crippen LogP contribution in [-0.4, -0.2) is 17.6 Å². The molecule has 1 unspecified atom stereocenters. The monoisotopic (exact) mass is 582 g/mol. The Balaban J connectivity index is -0.00000000443. The Kier molecular flexibility index (Phi) is 430. The van der Waals surface area contributed by atoms with Gasteiger partial charge in [0.1, 0.15) is 0 Å². The minimum atomic E-state index is 0. The first kappa shape index (κ1) is 51.7. The van der Waals surface area contributed by atoms with E-state index in [0.29, 0.717) is 0 Å². The number of hydrogen-bond donors (Lipinski definition) is 0. The molecule has 0 aliphatic heterocycles. The van der Waals surface area contributed by atoms with Gasteiger partial charge >= 0.3 is 92.7 Å². The SMILES string of the molecule is C.C.C.C.C.PN=BI.[2H][B]I.[B-]I.[K+]. The van der Waals surface area contributed by atoms with Crippen LogP contribution in [0, 0.1) is 0 Å². The average Bonchev–Trinajstić information content (AvgIpc) is 1.94. The van der Waals surface area contributed by atoms with Crippen molar-refractivity contribution in [2.75, 3.05) is 0 Å². The summed E-state index contributed by atoms with van der Waals surface area (Å²) < 4.78 is 9.58. The third-order valence-electron chi connectivity index (χ3n) is 0.0563. The van der Waals surface area contributed by atoms with E-state index in [4.69, 9.17) is 1.34 Å². The maximum absolute atomic E-state index is 6.07. The Bertz CT molecular complexity index is 60.5. The van der Waals surface area contributed by atoms with E-state index in [0.717, 1.165) is 0 Å². The molecule has 84 valence electrons. The van der Waals surface area contributed by atoms with Gasteiger partial charge in [0.2, 0.25) is 0 Å². The first-order chi connectivity index (χ1) is 4.33. The zero-order chi connectivity index (χ0) is 8.12. The van der Waals surface area contributed by atoms with Gasteiger partial charge in [0.25, 0.3) is 0 Å². The molecule has 0 aromatic heterocycles. The van der Waals surface area contributed by atoms with E-state index in [2.05, 4.69) is 19.8 Å². The second-order valence-electron chi connectivity index (χ2n) is 0.247. The summed E-state index contributed by atoms with van der Waals surface area (Å²) in [6.07, 6.45) is 0. The third-order valence-corrected chi connectivity index (χ3v) is 1.13. The molecule has 0 saturated heterocycles. The van der Waals surface area contributed by atoms with Crippen molar-refractivity contribution in [3.63, 3.8) is 0 Å². The molecule has 0 bridgehead atoms. The van der Waals surface area contributed by atoms with Crippen molar-refractivity contribution in [2.45, 2.75) is 37.1 Å². The molecule has 0 aromatic rings. The summed E-state index contributed by atoms with van der Waals surface area (Å²) in [5.74, 6) is 0. The molecule has 1 atom stereocenters. The quantitative estimate of drug-likeness (QED) is 0.236. The number of halogens is 3. The summed E-state index contributed by atoms with van der Waals surface area (Å²) in [5, 5.41) is 0. The van der Waals surface area contributed by atoms with Crippen LogP contribution in [0.2, 0.25) is 0 Å². The Morgan fingerprint density at radius 2 is 1.29 bits per heavy atom. The van der Waals surface area contributed by atoms with E-state index in [1.165, 1.54) is 5.67 Å². The number of rotatable bonds is 0. The van der Waals surface area contributed by atoms with Crippen LogP contribution < -0.4 is 51.4 Å². The van der Waals surface area contributed by atoms with Crippen LogP contribution in [-0.2, 0) is 0 Å². The predicted molar refractivity (Wildman–Crippen MR) is 107 cm³/mol. The molecule has 1 nitrogen and oxygen atoms in total. The van der Waals surface area contributed by atoms with Crippen LogP contribution in [0.5, 0.6) is 0 Å². The predicted octanol–water partition coefficient (Wildman–Crippen LogP) is 1.94. The van der Waals surface area contributed by atoms with Gasteiger partial charge in [-0.1, -0.05) is 37.1 Å². The summed E-state index contributed by atoms with van der Waals surface area (Å²) in [6.45, 7) is 0. The van der Waals surface area contributed by atoms with Crippen LogP contribution in [0.4, 0.5) is 0 Å². The van der Waals surface area contributed by atoms with Gasteiger partial charge in [0.05, 0.1) is 0 Å². The van der Waals surface area contributed by atoms with Gasteiger partial charge in [0.15, 0.2) is 5.67 Å². The Morgan fingerprint density at radius 3 is 1.29 bits per heavy atom. The van der Waals surface area contributed by atoms with Crippen LogP contribution >= 0.6 is 76.5 Å². The first-order valence-corrected chi connectivity index (χ1v) is 5.42. The van der Waals surface area contributed by atoms with Gasteiger partial charge in [0, 0.05) is 0 Å². The average molecular weight is 581 g/mol. The van der Waals surface area contributed by atoms with E-state index >= 15 is 0 Å². The molecule has 14 heavy (non-hydrogen) atoms. The molecular formula is C5H23B3I3KNP. The molecule has 0 rings (SSSR count). The van der Waals surface area contributed by atoms with Gasteiger partial charge in [-0.15, -0.1) is 0 Å². The number of hydrogen-bond acceptors (Lipinski definition) is 1. The molecule has 0 N–H and O–H groups in total. The topological polar surface area (TPSA) is 12.4 Å². The minimum absolute atomic E-state index is 0. The van der Waals surface area contributed by atoms with E-state index in [1.807, 2.05) is 44.7 Å². The molecule has 0 spiro atoms. The van der Waals surface area contributed by atoms with Gasteiger partial charge in [-0.25, -0.2) is 0 Å². The smallest absolute Gasteiger partial charge is 0.520 e. The molecule has 0 aliphatic rings. The molecule has 0 aromatic carbocycles. The molecule has 4 radical (unpaired) electrons. The fourth-order valence-electron chi connectivity index (χ4n) is 0. The molecular weight excluding hydrogens is 557 g/mol. The summed E-state index contributed by atoms with van der Waals surface area (Å²) in [6, 6.07) is 0. The number of nitrogens with zero attached hydrogens (tertiary/aromatic N) is 1. The van der Waals surface area contributed by atoms with E-state index < -0.39 is 0 Å². The molecule has 0 fully saturated rings. The second-order valence-corrected chi connectivity index (χ2v) is 1.10. The van der Waals surface area contributed by atoms with Crippen molar-refractivity contribution >= 4 is 92.8 Å². The summed E-state index contributed by atoms with van der Waals surface area (Å²) in [5.41, 5.74) is 5.69. The fraction of sp³-hybridized carbons (Fsp3) is 1.00. The van der Waals surface area contributed by atoms with E-state index in [1.54, 1.807) is 27.3 Å². The largest absolute Gasteiger partial charge is 1.00 e. The van der Waals surface area contributed by atoms with Crippen molar-refractivity contribution in [1.82, 2.24) is 0 Å². The Morgan fingerprint density at radius 1 is 1.21 bits per heavy atom. The zero-order valence-electron chi connectivity index (χ0n) is 5.89. The normalized spacial score (nSPS) is 3.64. The second kappa shape index (κ2) is 117. The standard InChI is InChI=1S/5CH4.BH2INP.BHI.BI.K/c;;;;;2-1-3-4;2*1-2;/h5*1H4;4H2;1H;;/q;;;;;;;-1;+1/i;;;;;;1D;;. The van der Waals surface area contributed by atoms with Gasteiger partial charge in [-0.05, 0) is 1.34 Å². The summed E-state index contributed by atoms with van der Waals surface area (Å²) >= 11 is 5.52. The van der Waals surface area contributed by atoms with Crippen LogP contribution in [0.25, 0.3) is 0 Å². The van der Waals surface area contributed by atoms with Crippen LogP contribution in [0.1, 0.15) is 37.1 Å². The molecule has 0 aliphatic carbocycles. The Hall–Kier alpha value is 4.25. The van der Waals surface area contributed by atoms with Crippen molar-refractivity contribution in [1.29, 1.82) is 1.34 Å². The van der Waals surface area contributed by atoms with Crippen molar-refractivity contribution < 1.29 is 51.4 Å². The molecule has 0 amide bonds. The maximum Gasteiger partial charge on any atom is 1.00 e. The van der Waals surface area contributed by atoms with Crippen LogP contribution in [0.15, 0.2) is 4.67 Å². The minimum Gasteiger partial charge on any atom is -0.520 e. The van der Waals surface area contributed by atoms with E-state index in [-0.39, 0.29) is 88.5 Å².